The zero-order valence-corrected chi connectivity index (χ0v) is 10.8. The van der Waals surface area contributed by atoms with E-state index in [9.17, 15) is 8.42 Å². The van der Waals surface area contributed by atoms with Crippen molar-refractivity contribution in [3.8, 4) is 11.4 Å². The van der Waals surface area contributed by atoms with Gasteiger partial charge in [0, 0.05) is 6.26 Å². The van der Waals surface area contributed by atoms with Gasteiger partial charge in [0.2, 0.25) is 0 Å². The van der Waals surface area contributed by atoms with Gasteiger partial charge in [-0.1, -0.05) is 0 Å². The van der Waals surface area contributed by atoms with Gasteiger partial charge in [0.05, 0.1) is 19.0 Å². The number of rotatable bonds is 3. The summed E-state index contributed by atoms with van der Waals surface area (Å²) in [5.74, 6) is 0.801. The molecule has 1 heterocycles. The average Bonchev–Trinajstić information content (AvgIpc) is 2.71. The van der Waals surface area contributed by atoms with Crippen molar-refractivity contribution in [1.82, 2.24) is 9.78 Å². The van der Waals surface area contributed by atoms with E-state index in [1.54, 1.807) is 31.4 Å². The summed E-state index contributed by atoms with van der Waals surface area (Å²) in [4.78, 5) is 0.0262. The SMILES string of the molecule is COc1ccc(-n2ncc(S(C)(=O)=O)c2N)cc1. The van der Waals surface area contributed by atoms with Gasteiger partial charge in [0.25, 0.3) is 0 Å². The van der Waals surface area contributed by atoms with Crippen LogP contribution in [0.3, 0.4) is 0 Å². The largest absolute Gasteiger partial charge is 0.497 e. The van der Waals surface area contributed by atoms with Crippen LogP contribution in [0.4, 0.5) is 5.82 Å². The van der Waals surface area contributed by atoms with E-state index in [0.717, 1.165) is 6.26 Å². The molecule has 96 valence electrons. The lowest BCUT2D eigenvalue weighted by Gasteiger charge is -2.05. The molecular weight excluding hydrogens is 254 g/mol. The summed E-state index contributed by atoms with van der Waals surface area (Å²) < 4.78 is 29.3. The molecule has 0 radical (unpaired) electrons. The van der Waals surface area contributed by atoms with Crippen molar-refractivity contribution in [1.29, 1.82) is 0 Å². The Labute approximate surface area is 105 Å². The monoisotopic (exact) mass is 267 g/mol. The van der Waals surface area contributed by atoms with Crippen LogP contribution in [0.1, 0.15) is 0 Å². The maximum absolute atomic E-state index is 11.4. The molecule has 0 aliphatic heterocycles. The minimum atomic E-state index is -3.37. The molecule has 1 aromatic heterocycles. The molecule has 0 aliphatic rings. The van der Waals surface area contributed by atoms with Crippen molar-refractivity contribution in [2.45, 2.75) is 4.90 Å². The highest BCUT2D eigenvalue weighted by molar-refractivity contribution is 7.90. The second-order valence-corrected chi connectivity index (χ2v) is 5.76. The molecule has 0 amide bonds. The highest BCUT2D eigenvalue weighted by Crippen LogP contribution is 2.22. The first-order valence-electron chi connectivity index (χ1n) is 5.11. The van der Waals surface area contributed by atoms with E-state index in [2.05, 4.69) is 5.10 Å². The fourth-order valence-electron chi connectivity index (χ4n) is 1.56. The molecule has 0 spiro atoms. The topological polar surface area (TPSA) is 87.2 Å². The molecule has 0 unspecified atom stereocenters. The number of hydrogen-bond donors (Lipinski definition) is 1. The predicted molar refractivity (Wildman–Crippen MR) is 67.6 cm³/mol. The van der Waals surface area contributed by atoms with E-state index in [1.807, 2.05) is 0 Å². The number of ether oxygens (including phenoxy) is 1. The molecule has 0 aliphatic carbocycles. The maximum Gasteiger partial charge on any atom is 0.180 e. The van der Waals surface area contributed by atoms with E-state index in [-0.39, 0.29) is 10.7 Å². The third kappa shape index (κ3) is 2.17. The van der Waals surface area contributed by atoms with Crippen LogP contribution < -0.4 is 10.5 Å². The molecule has 0 saturated carbocycles. The van der Waals surface area contributed by atoms with Crippen molar-refractivity contribution in [2.75, 3.05) is 19.1 Å². The van der Waals surface area contributed by atoms with Crippen molar-refractivity contribution in [3.63, 3.8) is 0 Å². The lowest BCUT2D eigenvalue weighted by Crippen LogP contribution is -2.05. The first-order valence-corrected chi connectivity index (χ1v) is 7.00. The lowest BCUT2D eigenvalue weighted by molar-refractivity contribution is 0.414. The molecule has 7 heteroatoms. The first kappa shape index (κ1) is 12.4. The van der Waals surface area contributed by atoms with Gasteiger partial charge in [-0.25, -0.2) is 13.1 Å². The molecule has 0 fully saturated rings. The van der Waals surface area contributed by atoms with Crippen LogP contribution in [0.25, 0.3) is 5.69 Å². The van der Waals surface area contributed by atoms with Gasteiger partial charge < -0.3 is 10.5 Å². The Balaban J connectivity index is 2.49. The molecule has 0 atom stereocenters. The third-order valence-electron chi connectivity index (χ3n) is 2.49. The number of methoxy groups -OCH3 is 1. The van der Waals surface area contributed by atoms with Gasteiger partial charge >= 0.3 is 0 Å². The van der Waals surface area contributed by atoms with Crippen LogP contribution in [0.15, 0.2) is 35.4 Å². The molecule has 2 N–H and O–H groups in total. The second kappa shape index (κ2) is 4.34. The van der Waals surface area contributed by atoms with Crippen LogP contribution in [0, 0.1) is 0 Å². The number of nitrogens with zero attached hydrogens (tertiary/aromatic N) is 2. The molecule has 0 saturated heterocycles. The van der Waals surface area contributed by atoms with Crippen molar-refractivity contribution < 1.29 is 13.2 Å². The minimum absolute atomic E-state index is 0.0262. The summed E-state index contributed by atoms with van der Waals surface area (Å²) in [6.45, 7) is 0. The molecule has 2 rings (SSSR count). The second-order valence-electron chi connectivity index (χ2n) is 3.78. The van der Waals surface area contributed by atoms with Crippen molar-refractivity contribution in [3.05, 3.63) is 30.5 Å². The Hall–Kier alpha value is -2.02. The number of nitrogen functional groups attached to an aromatic ring is 1. The van der Waals surface area contributed by atoms with E-state index >= 15 is 0 Å². The molecule has 1 aromatic carbocycles. The molecular formula is C11H13N3O3S. The quantitative estimate of drug-likeness (QED) is 0.891. The van der Waals surface area contributed by atoms with Gasteiger partial charge in [0.1, 0.15) is 16.5 Å². The van der Waals surface area contributed by atoms with Crippen molar-refractivity contribution >= 4 is 15.7 Å². The molecule has 6 nitrogen and oxygen atoms in total. The number of nitrogens with two attached hydrogens (primary N) is 1. The Bertz CT molecular complexity index is 659. The van der Waals surface area contributed by atoms with Crippen molar-refractivity contribution in [2.24, 2.45) is 0 Å². The summed E-state index contributed by atoms with van der Waals surface area (Å²) in [6.07, 6.45) is 2.34. The smallest absolute Gasteiger partial charge is 0.180 e. The summed E-state index contributed by atoms with van der Waals surface area (Å²) in [5.41, 5.74) is 6.45. The van der Waals surface area contributed by atoms with Gasteiger partial charge in [-0.2, -0.15) is 5.10 Å². The zero-order chi connectivity index (χ0) is 13.3. The standard InChI is InChI=1S/C11H13N3O3S/c1-17-9-5-3-8(4-6-9)14-11(12)10(7-13-14)18(2,15)16/h3-7H,12H2,1-2H3. The van der Waals surface area contributed by atoms with Gasteiger partial charge in [-0.05, 0) is 24.3 Å². The fraction of sp³-hybridized carbons (Fsp3) is 0.182. The fourth-order valence-corrected chi connectivity index (χ4v) is 2.26. The number of aromatic nitrogens is 2. The molecule has 0 bridgehead atoms. The van der Waals surface area contributed by atoms with Crippen LogP contribution in [-0.4, -0.2) is 31.6 Å². The maximum atomic E-state index is 11.4. The summed E-state index contributed by atoms with van der Waals surface area (Å²) >= 11 is 0. The summed E-state index contributed by atoms with van der Waals surface area (Å²) in [5, 5.41) is 3.98. The Morgan fingerprint density at radius 3 is 2.33 bits per heavy atom. The van der Waals surface area contributed by atoms with E-state index < -0.39 is 9.84 Å². The Morgan fingerprint density at radius 2 is 1.89 bits per heavy atom. The molecule has 2 aromatic rings. The molecule has 18 heavy (non-hydrogen) atoms. The van der Waals surface area contributed by atoms with Gasteiger partial charge in [0.15, 0.2) is 9.84 Å². The number of hydrogen-bond acceptors (Lipinski definition) is 5. The third-order valence-corrected chi connectivity index (χ3v) is 3.60. The van der Waals surface area contributed by atoms with E-state index in [1.165, 1.54) is 10.9 Å². The van der Waals surface area contributed by atoms with E-state index in [0.29, 0.717) is 11.4 Å². The van der Waals surface area contributed by atoms with Gasteiger partial charge in [-0.3, -0.25) is 0 Å². The number of anilines is 1. The Morgan fingerprint density at radius 1 is 1.28 bits per heavy atom. The van der Waals surface area contributed by atoms with Crippen LogP contribution in [0.2, 0.25) is 0 Å². The number of sulfone groups is 1. The van der Waals surface area contributed by atoms with Crippen LogP contribution in [0.5, 0.6) is 5.75 Å². The minimum Gasteiger partial charge on any atom is -0.497 e. The summed E-state index contributed by atoms with van der Waals surface area (Å²) in [7, 11) is -1.80. The highest BCUT2D eigenvalue weighted by atomic mass is 32.2. The van der Waals surface area contributed by atoms with Gasteiger partial charge in [-0.15, -0.1) is 0 Å². The predicted octanol–water partition coefficient (Wildman–Crippen LogP) is 0.867. The highest BCUT2D eigenvalue weighted by Gasteiger charge is 2.17. The normalized spacial score (nSPS) is 11.4. The first-order chi connectivity index (χ1) is 8.43. The average molecular weight is 267 g/mol. The van der Waals surface area contributed by atoms with Crippen LogP contribution in [-0.2, 0) is 9.84 Å². The zero-order valence-electron chi connectivity index (χ0n) is 9.99. The Kier molecular flexibility index (Phi) is 3.00. The lowest BCUT2D eigenvalue weighted by atomic mass is 10.3. The van der Waals surface area contributed by atoms with Crippen LogP contribution >= 0.6 is 0 Å². The summed E-state index contributed by atoms with van der Waals surface area (Å²) in [6, 6.07) is 6.98. The number of benzene rings is 1. The van der Waals surface area contributed by atoms with E-state index in [4.69, 9.17) is 10.5 Å².